The number of nitrogens with one attached hydrogen (secondary N) is 1. The lowest BCUT2D eigenvalue weighted by Crippen LogP contribution is -2.45. The molecule has 154 valence electrons. The fraction of sp³-hybridized carbons (Fsp3) is 0.652. The summed E-state index contributed by atoms with van der Waals surface area (Å²) >= 11 is 0. The van der Waals surface area contributed by atoms with Gasteiger partial charge in [-0.3, -0.25) is 14.5 Å². The summed E-state index contributed by atoms with van der Waals surface area (Å²) in [6.45, 7) is 10.2. The largest absolute Gasteiger partial charge is 0.342 e. The van der Waals surface area contributed by atoms with E-state index in [2.05, 4.69) is 35.0 Å². The highest BCUT2D eigenvalue weighted by Crippen LogP contribution is 2.27. The van der Waals surface area contributed by atoms with Crippen molar-refractivity contribution in [1.82, 2.24) is 9.80 Å². The second-order valence-corrected chi connectivity index (χ2v) is 8.68. The van der Waals surface area contributed by atoms with Gasteiger partial charge in [-0.25, -0.2) is 0 Å². The Morgan fingerprint density at radius 1 is 1.07 bits per heavy atom. The Bertz CT molecular complexity index is 687. The highest BCUT2D eigenvalue weighted by atomic mass is 16.2. The number of piperidine rings is 2. The number of para-hydroxylation sites is 1. The maximum atomic E-state index is 12.7. The van der Waals surface area contributed by atoms with Crippen molar-refractivity contribution in [3.05, 3.63) is 29.3 Å². The SMILES string of the molecule is Cc1cccc(C(C)C)c1NC(=O)CN1CCC(C(=O)N2CCCCC2)CC1. The molecule has 1 aromatic carbocycles. The molecule has 0 aromatic heterocycles. The number of amides is 2. The van der Waals surface area contributed by atoms with Gasteiger partial charge in [0, 0.05) is 24.7 Å². The minimum atomic E-state index is 0.0389. The normalized spacial score (nSPS) is 19.1. The summed E-state index contributed by atoms with van der Waals surface area (Å²) < 4.78 is 0. The van der Waals surface area contributed by atoms with Crippen molar-refractivity contribution in [2.75, 3.05) is 38.0 Å². The van der Waals surface area contributed by atoms with Crippen LogP contribution in [-0.4, -0.2) is 54.3 Å². The lowest BCUT2D eigenvalue weighted by Gasteiger charge is -2.35. The van der Waals surface area contributed by atoms with Crippen LogP contribution in [0, 0.1) is 12.8 Å². The van der Waals surface area contributed by atoms with Crippen LogP contribution in [0.3, 0.4) is 0 Å². The molecular formula is C23H35N3O2. The second kappa shape index (κ2) is 9.55. The summed E-state index contributed by atoms with van der Waals surface area (Å²) in [4.78, 5) is 29.6. The van der Waals surface area contributed by atoms with Gasteiger partial charge < -0.3 is 10.2 Å². The molecule has 0 radical (unpaired) electrons. The van der Waals surface area contributed by atoms with Gasteiger partial charge >= 0.3 is 0 Å². The molecule has 0 saturated carbocycles. The van der Waals surface area contributed by atoms with Crippen LogP contribution in [0.25, 0.3) is 0 Å². The van der Waals surface area contributed by atoms with E-state index in [1.54, 1.807) is 0 Å². The first-order valence-electron chi connectivity index (χ1n) is 10.9. The van der Waals surface area contributed by atoms with E-state index in [0.29, 0.717) is 18.4 Å². The molecule has 0 bridgehead atoms. The van der Waals surface area contributed by atoms with Crippen LogP contribution in [0.1, 0.15) is 63.0 Å². The summed E-state index contributed by atoms with van der Waals surface area (Å²) in [6, 6.07) is 6.18. The molecule has 0 spiro atoms. The average Bonchev–Trinajstić information content (AvgIpc) is 2.70. The molecule has 2 fully saturated rings. The van der Waals surface area contributed by atoms with Gasteiger partial charge in [-0.1, -0.05) is 32.0 Å². The first-order valence-corrected chi connectivity index (χ1v) is 10.9. The monoisotopic (exact) mass is 385 g/mol. The van der Waals surface area contributed by atoms with Crippen molar-refractivity contribution in [1.29, 1.82) is 0 Å². The van der Waals surface area contributed by atoms with Gasteiger partial charge in [0.25, 0.3) is 0 Å². The van der Waals surface area contributed by atoms with Crippen molar-refractivity contribution >= 4 is 17.5 Å². The van der Waals surface area contributed by atoms with Gasteiger partial charge in [0.15, 0.2) is 0 Å². The highest BCUT2D eigenvalue weighted by molar-refractivity contribution is 5.94. The average molecular weight is 386 g/mol. The number of hydrogen-bond donors (Lipinski definition) is 1. The second-order valence-electron chi connectivity index (χ2n) is 8.68. The van der Waals surface area contributed by atoms with Crippen molar-refractivity contribution in [3.63, 3.8) is 0 Å². The van der Waals surface area contributed by atoms with Crippen molar-refractivity contribution < 1.29 is 9.59 Å². The maximum Gasteiger partial charge on any atom is 0.238 e. The van der Waals surface area contributed by atoms with Gasteiger partial charge in [0.05, 0.1) is 6.54 Å². The zero-order valence-corrected chi connectivity index (χ0v) is 17.7. The highest BCUT2D eigenvalue weighted by Gasteiger charge is 2.29. The molecule has 2 amide bonds. The predicted molar refractivity (Wildman–Crippen MR) is 113 cm³/mol. The molecule has 2 heterocycles. The van der Waals surface area contributed by atoms with Crippen LogP contribution < -0.4 is 5.32 Å². The van der Waals surface area contributed by atoms with Gasteiger partial charge in [0.1, 0.15) is 0 Å². The number of likely N-dealkylation sites (tertiary alicyclic amines) is 2. The molecular weight excluding hydrogens is 350 g/mol. The number of anilines is 1. The molecule has 2 saturated heterocycles. The number of benzene rings is 1. The van der Waals surface area contributed by atoms with E-state index in [0.717, 1.165) is 63.1 Å². The number of nitrogens with zero attached hydrogens (tertiary/aromatic N) is 2. The van der Waals surface area contributed by atoms with Gasteiger partial charge in [0.2, 0.25) is 11.8 Å². The molecule has 2 aliphatic rings. The Morgan fingerprint density at radius 3 is 2.39 bits per heavy atom. The van der Waals surface area contributed by atoms with Crippen molar-refractivity contribution in [2.45, 2.75) is 58.8 Å². The van der Waals surface area contributed by atoms with Crippen LogP contribution >= 0.6 is 0 Å². The van der Waals surface area contributed by atoms with Gasteiger partial charge in [-0.15, -0.1) is 0 Å². The van der Waals surface area contributed by atoms with Crippen LogP contribution in [-0.2, 0) is 9.59 Å². The molecule has 28 heavy (non-hydrogen) atoms. The Balaban J connectivity index is 1.50. The van der Waals surface area contributed by atoms with E-state index in [9.17, 15) is 9.59 Å². The van der Waals surface area contributed by atoms with E-state index in [1.807, 2.05) is 19.1 Å². The Hall–Kier alpha value is -1.88. The summed E-state index contributed by atoms with van der Waals surface area (Å²) in [5.74, 6) is 0.885. The van der Waals surface area contributed by atoms with Crippen LogP contribution in [0.15, 0.2) is 18.2 Å². The van der Waals surface area contributed by atoms with Crippen LogP contribution in [0.4, 0.5) is 5.69 Å². The molecule has 5 heteroatoms. The van der Waals surface area contributed by atoms with E-state index >= 15 is 0 Å². The third kappa shape index (κ3) is 5.13. The van der Waals surface area contributed by atoms with Crippen LogP contribution in [0.5, 0.6) is 0 Å². The number of carbonyl (C=O) groups excluding carboxylic acids is 2. The Labute approximate surface area is 169 Å². The topological polar surface area (TPSA) is 52.7 Å². The number of rotatable bonds is 5. The fourth-order valence-electron chi connectivity index (χ4n) is 4.43. The number of carbonyl (C=O) groups is 2. The number of hydrogen-bond acceptors (Lipinski definition) is 3. The predicted octanol–water partition coefficient (Wildman–Crippen LogP) is 3.78. The first-order chi connectivity index (χ1) is 13.5. The molecule has 1 aromatic rings. The zero-order chi connectivity index (χ0) is 20.1. The third-order valence-corrected chi connectivity index (χ3v) is 6.16. The quantitative estimate of drug-likeness (QED) is 0.839. The lowest BCUT2D eigenvalue weighted by molar-refractivity contribution is -0.138. The van der Waals surface area contributed by atoms with E-state index in [-0.39, 0.29) is 11.8 Å². The fourth-order valence-corrected chi connectivity index (χ4v) is 4.43. The molecule has 0 unspecified atom stereocenters. The number of aryl methyl sites for hydroxylation is 1. The first kappa shape index (κ1) is 20.8. The molecule has 3 rings (SSSR count). The molecule has 0 atom stereocenters. The standard InChI is InChI=1S/C23H35N3O2/c1-17(2)20-9-7-8-18(3)22(20)24-21(27)16-25-14-10-19(11-15-25)23(28)26-12-5-4-6-13-26/h7-9,17,19H,4-6,10-16H2,1-3H3,(H,24,27). The molecule has 0 aliphatic carbocycles. The summed E-state index contributed by atoms with van der Waals surface area (Å²) in [5, 5.41) is 3.14. The van der Waals surface area contributed by atoms with E-state index in [1.165, 1.54) is 12.0 Å². The smallest absolute Gasteiger partial charge is 0.238 e. The minimum Gasteiger partial charge on any atom is -0.342 e. The molecule has 5 nitrogen and oxygen atoms in total. The zero-order valence-electron chi connectivity index (χ0n) is 17.7. The minimum absolute atomic E-state index is 0.0389. The molecule has 1 N–H and O–H groups in total. The van der Waals surface area contributed by atoms with Crippen molar-refractivity contribution in [2.24, 2.45) is 5.92 Å². The summed E-state index contributed by atoms with van der Waals surface area (Å²) in [6.07, 6.45) is 5.26. The van der Waals surface area contributed by atoms with Crippen molar-refractivity contribution in [3.8, 4) is 0 Å². The Morgan fingerprint density at radius 2 is 1.75 bits per heavy atom. The maximum absolute atomic E-state index is 12.7. The van der Waals surface area contributed by atoms with Crippen LogP contribution in [0.2, 0.25) is 0 Å². The Kier molecular flexibility index (Phi) is 7.11. The van der Waals surface area contributed by atoms with Gasteiger partial charge in [-0.05, 0) is 69.2 Å². The molecule has 2 aliphatic heterocycles. The van der Waals surface area contributed by atoms with Gasteiger partial charge in [-0.2, -0.15) is 0 Å². The van der Waals surface area contributed by atoms with E-state index in [4.69, 9.17) is 0 Å². The van der Waals surface area contributed by atoms with E-state index < -0.39 is 0 Å². The lowest BCUT2D eigenvalue weighted by atomic mass is 9.94. The third-order valence-electron chi connectivity index (χ3n) is 6.16. The summed E-state index contributed by atoms with van der Waals surface area (Å²) in [5.41, 5.74) is 3.24. The summed E-state index contributed by atoms with van der Waals surface area (Å²) in [7, 11) is 0.